The standard InChI is InChI=1S/C48H52/c1-5-7-9-11-13-15-22-37-41-30-40-35-21-18-17-20-34(35)36-24-19-25-38(45(36)40)46(41)39(23-16-14-12-10-8-6-2)48-43-29-32(4)27-33-26-31(3)28-42(44(33)43)47(37)48/h17-21,24-30H,5-16,22-23H2,1-4H3. The Balaban J connectivity index is 1.48. The number of benzene rings is 6. The van der Waals surface area contributed by atoms with Crippen molar-refractivity contribution in [3.05, 3.63) is 95.1 Å². The lowest BCUT2D eigenvalue weighted by molar-refractivity contribution is 0.608. The highest BCUT2D eigenvalue weighted by Crippen LogP contribution is 2.50. The minimum atomic E-state index is 1.15. The van der Waals surface area contributed by atoms with Crippen LogP contribution in [-0.2, 0) is 12.8 Å². The monoisotopic (exact) mass is 628 g/mol. The van der Waals surface area contributed by atoms with Crippen molar-refractivity contribution in [2.75, 3.05) is 0 Å². The highest BCUT2D eigenvalue weighted by molar-refractivity contribution is 6.39. The predicted molar refractivity (Wildman–Crippen MR) is 215 cm³/mol. The summed E-state index contributed by atoms with van der Waals surface area (Å²) in [6.07, 6.45) is 18.2. The molecule has 0 radical (unpaired) electrons. The minimum absolute atomic E-state index is 1.15. The van der Waals surface area contributed by atoms with Crippen molar-refractivity contribution >= 4 is 75.4 Å². The average molecular weight is 629 g/mol. The van der Waals surface area contributed by atoms with E-state index >= 15 is 0 Å². The molecule has 0 aliphatic heterocycles. The Kier molecular flexibility index (Phi) is 8.62. The lowest BCUT2D eigenvalue weighted by Crippen LogP contribution is -1.98. The summed E-state index contributed by atoms with van der Waals surface area (Å²) >= 11 is 0. The first-order chi connectivity index (χ1) is 23.6. The second-order valence-corrected chi connectivity index (χ2v) is 15.1. The first kappa shape index (κ1) is 31.4. The molecule has 0 unspecified atom stereocenters. The zero-order valence-corrected chi connectivity index (χ0v) is 29.8. The highest BCUT2D eigenvalue weighted by Gasteiger charge is 2.25. The molecular weight excluding hydrogens is 577 g/mol. The molecular formula is C48H52. The van der Waals surface area contributed by atoms with E-state index in [1.807, 2.05) is 0 Å². The molecule has 0 N–H and O–H groups in total. The van der Waals surface area contributed by atoms with Gasteiger partial charge in [-0.25, -0.2) is 0 Å². The van der Waals surface area contributed by atoms with Crippen molar-refractivity contribution in [3.8, 4) is 0 Å². The number of unbranched alkanes of at least 4 members (excludes halogenated alkanes) is 10. The van der Waals surface area contributed by atoms with E-state index in [1.165, 1.54) is 147 Å². The van der Waals surface area contributed by atoms with Crippen LogP contribution >= 0.6 is 0 Å². The molecule has 0 saturated carbocycles. The Labute approximate surface area is 287 Å². The molecule has 0 atom stereocenters. The number of rotatable bonds is 14. The molecule has 0 aromatic heterocycles. The van der Waals surface area contributed by atoms with Crippen LogP contribution in [0.2, 0.25) is 0 Å². The van der Waals surface area contributed by atoms with Crippen molar-refractivity contribution in [2.45, 2.75) is 118 Å². The largest absolute Gasteiger partial charge is 0.0654 e. The third-order valence-electron chi connectivity index (χ3n) is 11.6. The maximum Gasteiger partial charge on any atom is -0.00198 e. The molecule has 0 nitrogen and oxygen atoms in total. The number of aryl methyl sites for hydroxylation is 4. The third kappa shape index (κ3) is 5.19. The van der Waals surface area contributed by atoms with Crippen molar-refractivity contribution in [3.63, 3.8) is 0 Å². The van der Waals surface area contributed by atoms with Gasteiger partial charge in [-0.1, -0.05) is 145 Å². The first-order valence-electron chi connectivity index (χ1n) is 19.3. The average Bonchev–Trinajstić information content (AvgIpc) is 3.58. The number of hydrogen-bond donors (Lipinski definition) is 0. The Bertz CT molecular complexity index is 2380. The lowest BCUT2D eigenvalue weighted by Gasteiger charge is -2.19. The van der Waals surface area contributed by atoms with Gasteiger partial charge in [0.15, 0.2) is 0 Å². The van der Waals surface area contributed by atoms with Crippen molar-refractivity contribution in [2.24, 2.45) is 0 Å². The van der Waals surface area contributed by atoms with Crippen LogP contribution in [0.15, 0.2) is 72.8 Å². The van der Waals surface area contributed by atoms with Crippen molar-refractivity contribution in [1.29, 1.82) is 0 Å². The van der Waals surface area contributed by atoms with Crippen LogP contribution in [0.4, 0.5) is 0 Å². The van der Waals surface area contributed by atoms with E-state index < -0.39 is 0 Å². The van der Waals surface area contributed by atoms with E-state index in [0.717, 1.165) is 12.8 Å². The van der Waals surface area contributed by atoms with Gasteiger partial charge in [-0.15, -0.1) is 0 Å². The topological polar surface area (TPSA) is 0 Å². The van der Waals surface area contributed by atoms with Crippen LogP contribution in [0.5, 0.6) is 0 Å². The predicted octanol–water partition coefficient (Wildman–Crippen LogP) is 15.1. The van der Waals surface area contributed by atoms with E-state index in [-0.39, 0.29) is 0 Å². The quantitative estimate of drug-likeness (QED) is 0.0830. The first-order valence-corrected chi connectivity index (χ1v) is 19.3. The normalized spacial score (nSPS) is 12.5. The molecule has 8 aromatic carbocycles. The molecule has 0 saturated heterocycles. The zero-order chi connectivity index (χ0) is 32.8. The fourth-order valence-corrected chi connectivity index (χ4v) is 9.48. The zero-order valence-electron chi connectivity index (χ0n) is 29.8. The molecule has 0 heteroatoms. The summed E-state index contributed by atoms with van der Waals surface area (Å²) in [6, 6.07) is 28.8. The van der Waals surface area contributed by atoms with Crippen LogP contribution in [0.25, 0.3) is 75.4 Å². The van der Waals surface area contributed by atoms with E-state index in [4.69, 9.17) is 0 Å². The van der Waals surface area contributed by atoms with Crippen LogP contribution in [-0.4, -0.2) is 0 Å². The van der Waals surface area contributed by atoms with Gasteiger partial charge in [0, 0.05) is 0 Å². The van der Waals surface area contributed by atoms with E-state index in [9.17, 15) is 0 Å². The molecule has 8 aromatic rings. The summed E-state index contributed by atoms with van der Waals surface area (Å²) in [6.45, 7) is 9.24. The second-order valence-electron chi connectivity index (χ2n) is 15.1. The molecule has 0 aliphatic carbocycles. The van der Waals surface area contributed by atoms with Crippen LogP contribution in [0.3, 0.4) is 0 Å². The number of hydrogen-bond acceptors (Lipinski definition) is 0. The van der Waals surface area contributed by atoms with Gasteiger partial charge >= 0.3 is 0 Å². The van der Waals surface area contributed by atoms with Crippen LogP contribution in [0.1, 0.15) is 113 Å². The van der Waals surface area contributed by atoms with Crippen molar-refractivity contribution in [1.82, 2.24) is 0 Å². The van der Waals surface area contributed by atoms with Gasteiger partial charge in [-0.2, -0.15) is 0 Å². The van der Waals surface area contributed by atoms with Crippen LogP contribution < -0.4 is 0 Å². The summed E-state index contributed by atoms with van der Waals surface area (Å²) in [4.78, 5) is 0. The fraction of sp³-hybridized carbons (Fsp3) is 0.375. The van der Waals surface area contributed by atoms with Gasteiger partial charge in [0.05, 0.1) is 0 Å². The third-order valence-corrected chi connectivity index (χ3v) is 11.6. The molecule has 0 bridgehead atoms. The Hall–Kier alpha value is -3.90. The fourth-order valence-electron chi connectivity index (χ4n) is 9.48. The Morgan fingerprint density at radius 2 is 0.875 bits per heavy atom. The van der Waals surface area contributed by atoms with Crippen LogP contribution in [0, 0.1) is 13.8 Å². The SMILES string of the molecule is CCCCCCCCc1c2cc3c4ccccc4c4cccc(c2c(CCCCCCCC)c2c5cc(C)cc6cc(C)cc(c12)c65)c43. The van der Waals surface area contributed by atoms with Gasteiger partial charge in [0.1, 0.15) is 0 Å². The van der Waals surface area contributed by atoms with Gasteiger partial charge in [0.2, 0.25) is 0 Å². The Morgan fingerprint density at radius 1 is 0.354 bits per heavy atom. The molecule has 0 aliphatic rings. The second kappa shape index (κ2) is 13.2. The van der Waals surface area contributed by atoms with Gasteiger partial charge < -0.3 is 0 Å². The lowest BCUT2D eigenvalue weighted by atomic mass is 9.85. The molecule has 0 amide bonds. The number of fused-ring (bicyclic) bond motifs is 8. The molecule has 8 rings (SSSR count). The molecule has 0 heterocycles. The van der Waals surface area contributed by atoms with E-state index in [1.54, 1.807) is 27.3 Å². The van der Waals surface area contributed by atoms with Gasteiger partial charge in [-0.05, 0) is 143 Å². The van der Waals surface area contributed by atoms with Crippen molar-refractivity contribution < 1.29 is 0 Å². The molecule has 0 fully saturated rings. The molecule has 48 heavy (non-hydrogen) atoms. The summed E-state index contributed by atoms with van der Waals surface area (Å²) in [5, 5.41) is 20.7. The Morgan fingerprint density at radius 3 is 1.52 bits per heavy atom. The van der Waals surface area contributed by atoms with E-state index in [2.05, 4.69) is 100 Å². The molecule has 0 spiro atoms. The molecule has 244 valence electrons. The summed E-state index contributed by atoms with van der Waals surface area (Å²) < 4.78 is 0. The van der Waals surface area contributed by atoms with Gasteiger partial charge in [-0.3, -0.25) is 0 Å². The minimum Gasteiger partial charge on any atom is -0.0654 e. The highest BCUT2D eigenvalue weighted by atomic mass is 14.3. The smallest absolute Gasteiger partial charge is 0.00198 e. The van der Waals surface area contributed by atoms with Gasteiger partial charge in [0.25, 0.3) is 0 Å². The van der Waals surface area contributed by atoms with E-state index in [0.29, 0.717) is 0 Å². The maximum absolute atomic E-state index is 2.64. The summed E-state index contributed by atoms with van der Waals surface area (Å²) in [5.74, 6) is 0. The summed E-state index contributed by atoms with van der Waals surface area (Å²) in [5.41, 5.74) is 5.97. The summed E-state index contributed by atoms with van der Waals surface area (Å²) in [7, 11) is 0. The maximum atomic E-state index is 2.64.